The van der Waals surface area contributed by atoms with Gasteiger partial charge < -0.3 is 15.1 Å². The maximum absolute atomic E-state index is 3.59. The smallest absolute Gasteiger partial charge is 0.0385 e. The van der Waals surface area contributed by atoms with Crippen molar-refractivity contribution in [2.45, 2.75) is 90.1 Å². The monoisotopic (exact) mass is 419 g/mol. The molecule has 2 aromatic carbocycles. The summed E-state index contributed by atoms with van der Waals surface area (Å²) in [6.07, 6.45) is 13.7. The zero-order valence-corrected chi connectivity index (χ0v) is 19.7. The van der Waals surface area contributed by atoms with E-state index in [1.165, 1.54) is 75.6 Å². The van der Waals surface area contributed by atoms with E-state index in [0.29, 0.717) is 0 Å². The Labute approximate surface area is 189 Å². The molecule has 0 spiro atoms. The molecule has 0 bridgehead atoms. The van der Waals surface area contributed by atoms with Crippen molar-refractivity contribution in [2.75, 3.05) is 28.2 Å². The summed E-state index contributed by atoms with van der Waals surface area (Å²) in [7, 11) is 0. The molecular weight excluding hydrogens is 378 g/mol. The molecule has 3 heteroatoms. The van der Waals surface area contributed by atoms with Crippen LogP contribution in [0.25, 0.3) is 0 Å². The number of hydrogen-bond donors (Lipinski definition) is 1. The van der Waals surface area contributed by atoms with Crippen LogP contribution in [0.15, 0.2) is 48.5 Å². The van der Waals surface area contributed by atoms with Gasteiger partial charge in [-0.25, -0.2) is 0 Å². The van der Waals surface area contributed by atoms with E-state index in [-0.39, 0.29) is 0 Å². The topological polar surface area (TPSA) is 18.5 Å². The number of hydrogen-bond acceptors (Lipinski definition) is 3. The Bertz CT molecular complexity index is 703. The van der Waals surface area contributed by atoms with E-state index in [9.17, 15) is 0 Å². The van der Waals surface area contributed by atoms with E-state index in [1.807, 2.05) is 0 Å². The van der Waals surface area contributed by atoms with Gasteiger partial charge in [-0.3, -0.25) is 0 Å². The summed E-state index contributed by atoms with van der Waals surface area (Å²) in [6, 6.07) is 19.5. The third-order valence-corrected chi connectivity index (χ3v) is 7.40. The molecule has 2 saturated carbocycles. The molecule has 0 radical (unpaired) electrons. The summed E-state index contributed by atoms with van der Waals surface area (Å²) in [5, 5.41) is 3.59. The summed E-state index contributed by atoms with van der Waals surface area (Å²) in [5.74, 6) is 0. The first-order valence-electron chi connectivity index (χ1n) is 12.8. The fourth-order valence-corrected chi connectivity index (χ4v) is 5.73. The number of nitrogens with one attached hydrogen (secondary N) is 1. The minimum atomic E-state index is 0.718. The molecule has 0 amide bonds. The lowest BCUT2D eigenvalue weighted by Gasteiger charge is -2.35. The highest BCUT2D eigenvalue weighted by atomic mass is 15.2. The van der Waals surface area contributed by atoms with E-state index in [4.69, 9.17) is 0 Å². The molecule has 31 heavy (non-hydrogen) atoms. The van der Waals surface area contributed by atoms with Crippen molar-refractivity contribution in [1.82, 2.24) is 0 Å². The minimum absolute atomic E-state index is 0.718. The highest BCUT2D eigenvalue weighted by Crippen LogP contribution is 2.30. The fourth-order valence-electron chi connectivity index (χ4n) is 5.73. The quantitative estimate of drug-likeness (QED) is 0.472. The molecule has 3 nitrogen and oxygen atoms in total. The van der Waals surface area contributed by atoms with Crippen LogP contribution in [0.1, 0.15) is 78.1 Å². The van der Waals surface area contributed by atoms with Gasteiger partial charge in [0.05, 0.1) is 0 Å². The summed E-state index contributed by atoms with van der Waals surface area (Å²) in [6.45, 7) is 6.76. The fraction of sp³-hybridized carbons (Fsp3) is 0.571. The molecule has 2 aliphatic carbocycles. The predicted octanol–water partition coefficient (Wildman–Crippen LogP) is 7.75. The van der Waals surface area contributed by atoms with Gasteiger partial charge in [0.1, 0.15) is 0 Å². The predicted molar refractivity (Wildman–Crippen MR) is 136 cm³/mol. The molecule has 4 rings (SSSR count). The zero-order chi connectivity index (χ0) is 21.5. The van der Waals surface area contributed by atoms with Gasteiger partial charge in [0.25, 0.3) is 0 Å². The normalized spacial score (nSPS) is 18.0. The molecule has 0 heterocycles. The largest absolute Gasteiger partial charge is 0.369 e. The molecule has 168 valence electrons. The van der Waals surface area contributed by atoms with Gasteiger partial charge >= 0.3 is 0 Å². The number of nitrogens with zero attached hydrogens (tertiary/aromatic N) is 2. The Hall–Kier alpha value is -2.16. The first-order valence-corrected chi connectivity index (χ1v) is 12.8. The van der Waals surface area contributed by atoms with Crippen molar-refractivity contribution < 1.29 is 0 Å². The van der Waals surface area contributed by atoms with Crippen LogP contribution in [0.5, 0.6) is 0 Å². The lowest BCUT2D eigenvalue weighted by atomic mass is 9.94. The van der Waals surface area contributed by atoms with Crippen molar-refractivity contribution in [1.29, 1.82) is 0 Å². The number of anilines is 4. The Morgan fingerprint density at radius 1 is 0.581 bits per heavy atom. The molecule has 2 aromatic rings. The second kappa shape index (κ2) is 10.9. The van der Waals surface area contributed by atoms with Crippen LogP contribution in [-0.2, 0) is 0 Å². The average molecular weight is 420 g/mol. The van der Waals surface area contributed by atoms with Crippen molar-refractivity contribution in [3.8, 4) is 0 Å². The summed E-state index contributed by atoms with van der Waals surface area (Å²) >= 11 is 0. The Kier molecular flexibility index (Phi) is 7.77. The van der Waals surface area contributed by atoms with Gasteiger partial charge in [-0.1, -0.05) is 38.5 Å². The number of benzene rings is 2. The van der Waals surface area contributed by atoms with Gasteiger partial charge in [0.15, 0.2) is 0 Å². The van der Waals surface area contributed by atoms with Crippen molar-refractivity contribution in [3.05, 3.63) is 48.5 Å². The standard InChI is InChI=1S/C28H41N3/c1-3-30(25-11-7-5-8-12-25)27-19-15-23(16-20-27)29-24-17-21-28(22-18-24)31(4-2)26-13-9-6-10-14-26/h15-22,25-26,29H,3-14H2,1-2H3. The van der Waals surface area contributed by atoms with Crippen molar-refractivity contribution >= 4 is 22.7 Å². The van der Waals surface area contributed by atoms with E-state index in [2.05, 4.69) is 77.5 Å². The van der Waals surface area contributed by atoms with Gasteiger partial charge in [-0.2, -0.15) is 0 Å². The van der Waals surface area contributed by atoms with Gasteiger partial charge in [-0.15, -0.1) is 0 Å². The summed E-state index contributed by atoms with van der Waals surface area (Å²) < 4.78 is 0. The van der Waals surface area contributed by atoms with E-state index in [1.54, 1.807) is 0 Å². The van der Waals surface area contributed by atoms with Crippen LogP contribution in [0.3, 0.4) is 0 Å². The highest BCUT2D eigenvalue weighted by Gasteiger charge is 2.21. The second-order valence-electron chi connectivity index (χ2n) is 9.37. The van der Waals surface area contributed by atoms with E-state index < -0.39 is 0 Å². The third-order valence-electron chi connectivity index (χ3n) is 7.40. The maximum atomic E-state index is 3.59. The van der Waals surface area contributed by atoms with Crippen LogP contribution in [0.4, 0.5) is 22.7 Å². The van der Waals surface area contributed by atoms with Gasteiger partial charge in [0.2, 0.25) is 0 Å². The molecule has 0 aromatic heterocycles. The van der Waals surface area contributed by atoms with E-state index >= 15 is 0 Å². The van der Waals surface area contributed by atoms with E-state index in [0.717, 1.165) is 36.5 Å². The minimum Gasteiger partial charge on any atom is -0.369 e. The molecule has 1 N–H and O–H groups in total. The lowest BCUT2D eigenvalue weighted by molar-refractivity contribution is 0.418. The zero-order valence-electron chi connectivity index (χ0n) is 19.7. The van der Waals surface area contributed by atoms with Crippen LogP contribution in [0, 0.1) is 0 Å². The molecule has 0 unspecified atom stereocenters. The Morgan fingerprint density at radius 3 is 1.26 bits per heavy atom. The first-order chi connectivity index (χ1) is 15.3. The third kappa shape index (κ3) is 5.56. The average Bonchev–Trinajstić information content (AvgIpc) is 2.84. The van der Waals surface area contributed by atoms with Crippen LogP contribution in [0.2, 0.25) is 0 Å². The maximum Gasteiger partial charge on any atom is 0.0385 e. The molecule has 0 saturated heterocycles. The molecule has 2 aliphatic rings. The first kappa shape index (κ1) is 22.0. The molecule has 0 atom stereocenters. The van der Waals surface area contributed by atoms with Crippen molar-refractivity contribution in [2.24, 2.45) is 0 Å². The molecular formula is C28H41N3. The van der Waals surface area contributed by atoms with Crippen molar-refractivity contribution in [3.63, 3.8) is 0 Å². The lowest BCUT2D eigenvalue weighted by Crippen LogP contribution is -2.36. The van der Waals surface area contributed by atoms with Crippen LogP contribution in [-0.4, -0.2) is 25.2 Å². The van der Waals surface area contributed by atoms with Crippen LogP contribution < -0.4 is 15.1 Å². The highest BCUT2D eigenvalue weighted by molar-refractivity contribution is 5.65. The van der Waals surface area contributed by atoms with Gasteiger partial charge in [-0.05, 0) is 88.1 Å². The Morgan fingerprint density at radius 2 is 0.935 bits per heavy atom. The second-order valence-corrected chi connectivity index (χ2v) is 9.37. The Balaban J connectivity index is 1.38. The number of rotatable bonds is 8. The SMILES string of the molecule is CCN(c1ccc(Nc2ccc(N(CC)C3CCCCC3)cc2)cc1)C1CCCCC1. The molecule has 0 aliphatic heterocycles. The summed E-state index contributed by atoms with van der Waals surface area (Å²) in [4.78, 5) is 5.20. The summed E-state index contributed by atoms with van der Waals surface area (Å²) in [5.41, 5.74) is 5.05. The van der Waals surface area contributed by atoms with Gasteiger partial charge in [0, 0.05) is 47.9 Å². The van der Waals surface area contributed by atoms with Crippen LogP contribution >= 0.6 is 0 Å². The molecule has 2 fully saturated rings.